The summed E-state index contributed by atoms with van der Waals surface area (Å²) in [4.78, 5) is 0. The van der Waals surface area contributed by atoms with Crippen LogP contribution in [0, 0.1) is 0 Å². The second-order valence-electron chi connectivity index (χ2n) is 7.53. The first-order valence-electron chi connectivity index (χ1n) is 9.14. The number of halogens is 2. The van der Waals surface area contributed by atoms with Gasteiger partial charge in [-0.3, -0.25) is 0 Å². The van der Waals surface area contributed by atoms with E-state index in [4.69, 9.17) is 17.0 Å². The summed E-state index contributed by atoms with van der Waals surface area (Å²) in [6, 6.07) is 18.3. The van der Waals surface area contributed by atoms with E-state index in [2.05, 4.69) is 83.1 Å². The van der Waals surface area contributed by atoms with Gasteiger partial charge in [0.05, 0.1) is 0 Å². The van der Waals surface area contributed by atoms with Gasteiger partial charge < -0.3 is 0 Å². The molecule has 0 aliphatic rings. The average Bonchev–Trinajstić information content (AvgIpc) is 3.06. The Morgan fingerprint density at radius 3 is 2.12 bits per heavy atom. The van der Waals surface area contributed by atoms with Crippen LogP contribution in [0.25, 0.3) is 21.9 Å². The van der Waals surface area contributed by atoms with Crippen molar-refractivity contribution in [2.45, 2.75) is 52.9 Å². The third-order valence-electron chi connectivity index (χ3n) is 4.89. The number of hydrogen-bond acceptors (Lipinski definition) is 0. The Labute approximate surface area is 176 Å². The molecular formula is C23H27Cl2Zr-. The Kier molecular flexibility index (Phi) is 8.08. The van der Waals surface area contributed by atoms with Crippen LogP contribution >= 0.6 is 17.0 Å². The van der Waals surface area contributed by atoms with Crippen LogP contribution in [-0.2, 0) is 39.1 Å². The molecule has 3 rings (SSSR count). The first-order chi connectivity index (χ1) is 12.4. The molecule has 0 saturated carbocycles. The van der Waals surface area contributed by atoms with E-state index in [1.165, 1.54) is 38.6 Å². The van der Waals surface area contributed by atoms with Crippen molar-refractivity contribution in [1.82, 2.24) is 0 Å². The zero-order chi connectivity index (χ0) is 19.3. The van der Waals surface area contributed by atoms with Crippen molar-refractivity contribution < 1.29 is 20.8 Å². The van der Waals surface area contributed by atoms with Crippen molar-refractivity contribution in [3.8, 4) is 11.1 Å². The molecule has 0 radical (unpaired) electrons. The van der Waals surface area contributed by atoms with E-state index in [-0.39, 0.29) is 5.41 Å². The van der Waals surface area contributed by atoms with Gasteiger partial charge in [0.15, 0.2) is 0 Å². The minimum atomic E-state index is -0.826. The number of aryl methyl sites for hydroxylation is 2. The van der Waals surface area contributed by atoms with Gasteiger partial charge in [0.1, 0.15) is 0 Å². The predicted octanol–water partition coefficient (Wildman–Crippen LogP) is 8.02. The van der Waals surface area contributed by atoms with E-state index in [9.17, 15) is 0 Å². The molecular weight excluding hydrogens is 438 g/mol. The minimum absolute atomic E-state index is 0.187. The van der Waals surface area contributed by atoms with E-state index in [1.54, 1.807) is 0 Å². The molecule has 0 bridgehead atoms. The molecule has 0 aliphatic heterocycles. The number of rotatable bonds is 3. The van der Waals surface area contributed by atoms with Gasteiger partial charge in [0.25, 0.3) is 0 Å². The zero-order valence-electron chi connectivity index (χ0n) is 16.3. The summed E-state index contributed by atoms with van der Waals surface area (Å²) in [6.07, 6.45) is 2.14. The third kappa shape index (κ3) is 4.86. The second kappa shape index (κ2) is 9.63. The molecule has 0 saturated heterocycles. The molecule has 0 nitrogen and oxygen atoms in total. The molecule has 0 N–H and O–H groups in total. The van der Waals surface area contributed by atoms with Crippen LogP contribution in [0.3, 0.4) is 0 Å². The van der Waals surface area contributed by atoms with Crippen LogP contribution in [0.5, 0.6) is 0 Å². The summed E-state index contributed by atoms with van der Waals surface area (Å²) in [5.41, 5.74) is 7.35. The first-order valence-corrected chi connectivity index (χ1v) is 15.5. The van der Waals surface area contributed by atoms with E-state index >= 15 is 0 Å². The number of benzene rings is 2. The van der Waals surface area contributed by atoms with Gasteiger partial charge >= 0.3 is 37.9 Å². The SMILES string of the molecule is CCc1ccccc1-c1c(CC)ccc2[cH-]c(C(C)(C)C)cc12.[Cl][Zr][Cl]. The van der Waals surface area contributed by atoms with Crippen LogP contribution in [0.4, 0.5) is 0 Å². The fourth-order valence-corrected chi connectivity index (χ4v) is 3.45. The normalized spacial score (nSPS) is 11.2. The van der Waals surface area contributed by atoms with Gasteiger partial charge in [0, 0.05) is 0 Å². The fraction of sp³-hybridized carbons (Fsp3) is 0.348. The first kappa shape index (κ1) is 21.8. The van der Waals surface area contributed by atoms with Gasteiger partial charge in [-0.15, -0.1) is 34.5 Å². The Morgan fingerprint density at radius 1 is 0.923 bits per heavy atom. The van der Waals surface area contributed by atoms with Crippen LogP contribution in [-0.4, -0.2) is 0 Å². The summed E-state index contributed by atoms with van der Waals surface area (Å²) in [5, 5.41) is 2.78. The van der Waals surface area contributed by atoms with Gasteiger partial charge in [0.2, 0.25) is 0 Å². The van der Waals surface area contributed by atoms with Crippen molar-refractivity contribution >= 4 is 27.8 Å². The van der Waals surface area contributed by atoms with Crippen molar-refractivity contribution in [3.05, 3.63) is 65.2 Å². The van der Waals surface area contributed by atoms with Crippen molar-refractivity contribution in [3.63, 3.8) is 0 Å². The van der Waals surface area contributed by atoms with Crippen molar-refractivity contribution in [2.24, 2.45) is 0 Å². The summed E-state index contributed by atoms with van der Waals surface area (Å²) < 4.78 is 0. The molecule has 0 atom stereocenters. The standard InChI is InChI=1S/C23H27.2ClH.Zr/c1-6-16-10-8-9-11-20(16)22-17(7-2)12-13-18-14-19(15-21(18)22)23(3,4)5;;;/h8-15H,6-7H2,1-5H3;2*1H;/q-1;;;+2/p-2. The molecule has 0 amide bonds. The van der Waals surface area contributed by atoms with E-state index in [1.807, 2.05) is 0 Å². The second-order valence-corrected chi connectivity index (χ2v) is 11.3. The monoisotopic (exact) mass is 463 g/mol. The topological polar surface area (TPSA) is 0 Å². The summed E-state index contributed by atoms with van der Waals surface area (Å²) in [6.45, 7) is 11.4. The Morgan fingerprint density at radius 2 is 1.54 bits per heavy atom. The summed E-state index contributed by atoms with van der Waals surface area (Å²) in [5.74, 6) is 0. The van der Waals surface area contributed by atoms with Crippen LogP contribution < -0.4 is 0 Å². The third-order valence-corrected chi connectivity index (χ3v) is 4.89. The van der Waals surface area contributed by atoms with E-state index in [0.29, 0.717) is 0 Å². The molecule has 0 unspecified atom stereocenters. The van der Waals surface area contributed by atoms with Crippen molar-refractivity contribution in [1.29, 1.82) is 0 Å². The maximum atomic E-state index is 4.93. The van der Waals surface area contributed by atoms with Crippen LogP contribution in [0.15, 0.2) is 48.5 Å². The molecule has 0 heterocycles. The Bertz CT molecular complexity index is 856. The van der Waals surface area contributed by atoms with Gasteiger partial charge in [-0.2, -0.15) is 6.07 Å². The Hall–Kier alpha value is -0.487. The molecule has 0 fully saturated rings. The molecule has 26 heavy (non-hydrogen) atoms. The van der Waals surface area contributed by atoms with Gasteiger partial charge in [-0.1, -0.05) is 70.0 Å². The molecule has 138 valence electrons. The predicted molar refractivity (Wildman–Crippen MR) is 114 cm³/mol. The van der Waals surface area contributed by atoms with Gasteiger partial charge in [-0.25, -0.2) is 0 Å². The molecule has 0 aromatic heterocycles. The van der Waals surface area contributed by atoms with Crippen molar-refractivity contribution in [2.75, 3.05) is 0 Å². The molecule has 0 aliphatic carbocycles. The molecule has 0 spiro atoms. The quantitative estimate of drug-likeness (QED) is 0.344. The molecule has 3 aromatic rings. The maximum absolute atomic E-state index is 4.93. The summed E-state index contributed by atoms with van der Waals surface area (Å²) >= 11 is -0.826. The average molecular weight is 466 g/mol. The molecule has 3 heteroatoms. The number of fused-ring (bicyclic) bond motifs is 1. The van der Waals surface area contributed by atoms with Crippen LogP contribution in [0.1, 0.15) is 51.3 Å². The van der Waals surface area contributed by atoms with Crippen LogP contribution in [0.2, 0.25) is 0 Å². The molecule has 3 aromatic carbocycles. The fourth-order valence-electron chi connectivity index (χ4n) is 3.45. The van der Waals surface area contributed by atoms with E-state index in [0.717, 1.165) is 12.8 Å². The summed E-state index contributed by atoms with van der Waals surface area (Å²) in [7, 11) is 9.87. The Balaban J connectivity index is 0.000000758. The van der Waals surface area contributed by atoms with E-state index < -0.39 is 20.8 Å². The number of hydrogen-bond donors (Lipinski definition) is 0. The zero-order valence-corrected chi connectivity index (χ0v) is 20.3. The van der Waals surface area contributed by atoms with Gasteiger partial charge in [-0.05, 0) is 29.4 Å².